The Labute approximate surface area is 161 Å². The number of carbonyl (C=O) groups excluding carboxylic acids is 1. The van der Waals surface area contributed by atoms with Gasteiger partial charge in [-0.1, -0.05) is 30.3 Å². The van der Waals surface area contributed by atoms with Crippen molar-refractivity contribution in [1.82, 2.24) is 10.2 Å². The highest BCUT2D eigenvalue weighted by Crippen LogP contribution is 2.17. The number of rotatable bonds is 6. The lowest BCUT2D eigenvalue weighted by Gasteiger charge is -2.18. The molecule has 2 aromatic carbocycles. The normalized spacial score (nSPS) is 14.8. The van der Waals surface area contributed by atoms with Crippen LogP contribution in [0.1, 0.15) is 12.0 Å². The summed E-state index contributed by atoms with van der Waals surface area (Å²) >= 11 is 0. The van der Waals surface area contributed by atoms with Crippen molar-refractivity contribution >= 4 is 24.0 Å². The molecule has 0 spiro atoms. The van der Waals surface area contributed by atoms with Crippen LogP contribution in [0.25, 0.3) is 0 Å². The molecule has 0 radical (unpaired) electrons. The second-order valence-corrected chi connectivity index (χ2v) is 6.23. The number of carbonyl (C=O) groups is 1. The average Bonchev–Trinajstić information content (AvgIpc) is 2.90. The highest BCUT2D eigenvalue weighted by molar-refractivity contribution is 5.92. The zero-order chi connectivity index (χ0) is 17.3. The summed E-state index contributed by atoms with van der Waals surface area (Å²) in [5.41, 5.74) is 1.93. The van der Waals surface area contributed by atoms with E-state index in [1.807, 2.05) is 54.6 Å². The summed E-state index contributed by atoms with van der Waals surface area (Å²) < 4.78 is 5.76. The van der Waals surface area contributed by atoms with Crippen LogP contribution in [0.4, 0.5) is 5.69 Å². The maximum atomic E-state index is 12.2. The molecule has 0 aromatic heterocycles. The molecule has 5 nitrogen and oxygen atoms in total. The number of nitrogens with one attached hydrogen (secondary N) is 2. The minimum Gasteiger partial charge on any atom is -0.489 e. The maximum Gasteiger partial charge on any atom is 0.238 e. The van der Waals surface area contributed by atoms with Crippen molar-refractivity contribution in [3.63, 3.8) is 0 Å². The van der Waals surface area contributed by atoms with E-state index in [2.05, 4.69) is 15.5 Å². The number of ether oxygens (including phenoxy) is 1. The van der Waals surface area contributed by atoms with Crippen LogP contribution < -0.4 is 15.4 Å². The quantitative estimate of drug-likeness (QED) is 0.815. The Morgan fingerprint density at radius 2 is 1.81 bits per heavy atom. The molecule has 6 heteroatoms. The van der Waals surface area contributed by atoms with Gasteiger partial charge in [-0.05, 0) is 49.3 Å². The summed E-state index contributed by atoms with van der Waals surface area (Å²) in [5.74, 6) is 0.820. The van der Waals surface area contributed by atoms with Crippen molar-refractivity contribution in [2.24, 2.45) is 0 Å². The lowest BCUT2D eigenvalue weighted by molar-refractivity contribution is -0.117. The molecule has 0 atom stereocenters. The topological polar surface area (TPSA) is 53.6 Å². The molecule has 1 fully saturated rings. The average molecular weight is 376 g/mol. The fraction of sp³-hybridized carbons (Fsp3) is 0.350. The van der Waals surface area contributed by atoms with Gasteiger partial charge in [0, 0.05) is 18.8 Å². The number of nitrogens with zero attached hydrogens (tertiary/aromatic N) is 1. The monoisotopic (exact) mass is 375 g/mol. The van der Waals surface area contributed by atoms with Crippen LogP contribution in [0.15, 0.2) is 54.6 Å². The summed E-state index contributed by atoms with van der Waals surface area (Å²) in [7, 11) is 0. The second-order valence-electron chi connectivity index (χ2n) is 6.23. The van der Waals surface area contributed by atoms with Crippen molar-refractivity contribution in [1.29, 1.82) is 0 Å². The number of hydrogen-bond acceptors (Lipinski definition) is 4. The van der Waals surface area contributed by atoms with Crippen LogP contribution in [0, 0.1) is 0 Å². The lowest BCUT2D eigenvalue weighted by atomic mass is 10.2. The van der Waals surface area contributed by atoms with Gasteiger partial charge in [-0.2, -0.15) is 0 Å². The molecule has 140 valence electrons. The van der Waals surface area contributed by atoms with E-state index in [1.165, 1.54) is 0 Å². The lowest BCUT2D eigenvalue weighted by Crippen LogP contribution is -2.35. The summed E-state index contributed by atoms with van der Waals surface area (Å²) in [5, 5.41) is 6.30. The number of amides is 1. The molecular weight excluding hydrogens is 350 g/mol. The molecule has 1 aliphatic rings. The summed E-state index contributed by atoms with van der Waals surface area (Å²) in [6, 6.07) is 17.6. The van der Waals surface area contributed by atoms with Gasteiger partial charge in [-0.25, -0.2) is 0 Å². The number of halogens is 1. The summed E-state index contributed by atoms with van der Waals surface area (Å²) in [6.45, 7) is 4.83. The largest absolute Gasteiger partial charge is 0.489 e. The first-order valence-electron chi connectivity index (χ1n) is 8.79. The van der Waals surface area contributed by atoms with Gasteiger partial charge < -0.3 is 15.4 Å². The zero-order valence-corrected chi connectivity index (χ0v) is 15.6. The predicted molar refractivity (Wildman–Crippen MR) is 107 cm³/mol. The van der Waals surface area contributed by atoms with Gasteiger partial charge in [-0.3, -0.25) is 9.69 Å². The molecular formula is C20H26ClN3O2. The minimum atomic E-state index is 0. The Kier molecular flexibility index (Phi) is 8.41. The van der Waals surface area contributed by atoms with Crippen molar-refractivity contribution < 1.29 is 9.53 Å². The number of benzene rings is 2. The molecule has 1 saturated heterocycles. The number of hydrogen-bond donors (Lipinski definition) is 2. The van der Waals surface area contributed by atoms with Gasteiger partial charge in [0.15, 0.2) is 0 Å². The molecule has 2 aromatic rings. The van der Waals surface area contributed by atoms with Crippen LogP contribution in [0.2, 0.25) is 0 Å². The first-order chi connectivity index (χ1) is 12.3. The van der Waals surface area contributed by atoms with E-state index in [0.717, 1.165) is 49.6 Å². The van der Waals surface area contributed by atoms with Crippen LogP contribution in [0.5, 0.6) is 5.75 Å². The van der Waals surface area contributed by atoms with E-state index >= 15 is 0 Å². The Hall–Kier alpha value is -2.08. The van der Waals surface area contributed by atoms with Gasteiger partial charge in [0.25, 0.3) is 0 Å². The third-order valence-corrected chi connectivity index (χ3v) is 4.19. The molecule has 26 heavy (non-hydrogen) atoms. The third kappa shape index (κ3) is 6.67. The molecule has 1 heterocycles. The van der Waals surface area contributed by atoms with E-state index in [-0.39, 0.29) is 18.3 Å². The van der Waals surface area contributed by atoms with Crippen molar-refractivity contribution in [2.45, 2.75) is 13.0 Å². The minimum absolute atomic E-state index is 0. The molecule has 0 bridgehead atoms. The van der Waals surface area contributed by atoms with Crippen LogP contribution in [-0.2, 0) is 11.4 Å². The highest BCUT2D eigenvalue weighted by Gasteiger charge is 2.12. The SMILES string of the molecule is Cl.O=C(CN1CCCNCC1)Nc1ccc(OCc2ccccc2)cc1. The van der Waals surface area contributed by atoms with Gasteiger partial charge >= 0.3 is 0 Å². The summed E-state index contributed by atoms with van der Waals surface area (Å²) in [4.78, 5) is 14.4. The predicted octanol–water partition coefficient (Wildman–Crippen LogP) is 2.92. The van der Waals surface area contributed by atoms with Gasteiger partial charge in [-0.15, -0.1) is 12.4 Å². The van der Waals surface area contributed by atoms with E-state index in [4.69, 9.17) is 4.74 Å². The molecule has 1 aliphatic heterocycles. The second kappa shape index (κ2) is 10.8. The van der Waals surface area contributed by atoms with Gasteiger partial charge in [0.05, 0.1) is 6.54 Å². The van der Waals surface area contributed by atoms with E-state index in [0.29, 0.717) is 13.2 Å². The molecule has 3 rings (SSSR count). The maximum absolute atomic E-state index is 12.2. The fourth-order valence-corrected chi connectivity index (χ4v) is 2.84. The Bertz CT molecular complexity index is 657. The van der Waals surface area contributed by atoms with Crippen molar-refractivity contribution in [2.75, 3.05) is 38.0 Å². The highest BCUT2D eigenvalue weighted by atomic mass is 35.5. The van der Waals surface area contributed by atoms with E-state index in [1.54, 1.807) is 0 Å². The first-order valence-corrected chi connectivity index (χ1v) is 8.79. The van der Waals surface area contributed by atoms with Crippen LogP contribution >= 0.6 is 12.4 Å². The molecule has 2 N–H and O–H groups in total. The molecule has 1 amide bonds. The number of anilines is 1. The third-order valence-electron chi connectivity index (χ3n) is 4.19. The summed E-state index contributed by atoms with van der Waals surface area (Å²) in [6.07, 6.45) is 1.08. The molecule has 0 saturated carbocycles. The van der Waals surface area contributed by atoms with E-state index in [9.17, 15) is 4.79 Å². The Morgan fingerprint density at radius 1 is 1.04 bits per heavy atom. The Morgan fingerprint density at radius 3 is 2.58 bits per heavy atom. The van der Waals surface area contributed by atoms with E-state index < -0.39 is 0 Å². The smallest absolute Gasteiger partial charge is 0.238 e. The zero-order valence-electron chi connectivity index (χ0n) is 14.8. The van der Waals surface area contributed by atoms with Gasteiger partial charge in [0.1, 0.15) is 12.4 Å². The molecule has 0 unspecified atom stereocenters. The van der Waals surface area contributed by atoms with Gasteiger partial charge in [0.2, 0.25) is 5.91 Å². The van der Waals surface area contributed by atoms with Crippen molar-refractivity contribution in [3.05, 3.63) is 60.2 Å². The Balaban J connectivity index is 0.00000243. The van der Waals surface area contributed by atoms with Crippen LogP contribution in [0.3, 0.4) is 0 Å². The first kappa shape index (κ1) is 20.2. The fourth-order valence-electron chi connectivity index (χ4n) is 2.84. The van der Waals surface area contributed by atoms with Crippen molar-refractivity contribution in [3.8, 4) is 5.75 Å². The standard InChI is InChI=1S/C20H25N3O2.ClH/c24-20(15-23-13-4-11-21-12-14-23)22-18-7-9-19(10-8-18)25-16-17-5-2-1-3-6-17;/h1-3,5-10,21H,4,11-16H2,(H,22,24);1H. The van der Waals surface area contributed by atoms with Crippen LogP contribution in [-0.4, -0.2) is 43.5 Å². The molecule has 0 aliphatic carbocycles.